The monoisotopic (exact) mass is 247 g/mol. The summed E-state index contributed by atoms with van der Waals surface area (Å²) in [6, 6.07) is 0.717. The minimum Gasteiger partial charge on any atom is -0.303 e. The molecule has 1 unspecified atom stereocenters. The van der Waals surface area contributed by atoms with E-state index in [1.165, 1.54) is 38.0 Å². The molecule has 0 aliphatic heterocycles. The van der Waals surface area contributed by atoms with Crippen LogP contribution in [-0.4, -0.2) is 42.3 Å². The van der Waals surface area contributed by atoms with E-state index in [-0.39, 0.29) is 0 Å². The molecule has 90 valence electrons. The molecule has 0 aromatic heterocycles. The van der Waals surface area contributed by atoms with Gasteiger partial charge in [0.1, 0.15) is 0 Å². The van der Waals surface area contributed by atoms with Crippen LogP contribution >= 0.6 is 24.4 Å². The Kier molecular flexibility index (Phi) is 5.86. The standard InChI is InChI=1S/C12H25NS2/c1-11(5-8-15-3)13(2)9-12(10-14)6-4-7-12/h11,14H,4-10H2,1-3H3. The molecule has 1 fully saturated rings. The van der Waals surface area contributed by atoms with Crippen LogP contribution in [0.2, 0.25) is 0 Å². The smallest absolute Gasteiger partial charge is 0.00719 e. The predicted molar refractivity (Wildman–Crippen MR) is 75.2 cm³/mol. The van der Waals surface area contributed by atoms with E-state index >= 15 is 0 Å². The maximum Gasteiger partial charge on any atom is 0.00719 e. The van der Waals surface area contributed by atoms with Gasteiger partial charge in [0.05, 0.1) is 0 Å². The summed E-state index contributed by atoms with van der Waals surface area (Å²) in [5, 5.41) is 0. The van der Waals surface area contributed by atoms with E-state index in [1.54, 1.807) is 0 Å². The fourth-order valence-corrected chi connectivity index (χ4v) is 3.23. The Bertz CT molecular complexity index is 175. The first kappa shape index (κ1) is 13.7. The number of hydrogen-bond acceptors (Lipinski definition) is 3. The van der Waals surface area contributed by atoms with E-state index < -0.39 is 0 Å². The van der Waals surface area contributed by atoms with Gasteiger partial charge in [0.15, 0.2) is 0 Å². The van der Waals surface area contributed by atoms with Gasteiger partial charge >= 0.3 is 0 Å². The van der Waals surface area contributed by atoms with Crippen LogP contribution < -0.4 is 0 Å². The zero-order valence-corrected chi connectivity index (χ0v) is 12.0. The van der Waals surface area contributed by atoms with Crippen LogP contribution in [0.1, 0.15) is 32.6 Å². The molecule has 0 heterocycles. The first-order valence-electron chi connectivity index (χ1n) is 5.93. The highest BCUT2D eigenvalue weighted by atomic mass is 32.2. The average molecular weight is 247 g/mol. The highest BCUT2D eigenvalue weighted by Crippen LogP contribution is 2.42. The Morgan fingerprint density at radius 3 is 2.53 bits per heavy atom. The molecule has 15 heavy (non-hydrogen) atoms. The lowest BCUT2D eigenvalue weighted by atomic mass is 9.70. The third-order valence-corrected chi connectivity index (χ3v) is 5.14. The van der Waals surface area contributed by atoms with Crippen LogP contribution in [0.5, 0.6) is 0 Å². The van der Waals surface area contributed by atoms with Crippen molar-refractivity contribution in [2.24, 2.45) is 5.41 Å². The van der Waals surface area contributed by atoms with Gasteiger partial charge in [0.25, 0.3) is 0 Å². The molecule has 0 spiro atoms. The van der Waals surface area contributed by atoms with E-state index in [2.05, 4.69) is 37.8 Å². The molecular weight excluding hydrogens is 222 g/mol. The van der Waals surface area contributed by atoms with Crippen LogP contribution in [0.4, 0.5) is 0 Å². The molecular formula is C12H25NS2. The first-order chi connectivity index (χ1) is 7.13. The van der Waals surface area contributed by atoms with Crippen LogP contribution in [0.3, 0.4) is 0 Å². The summed E-state index contributed by atoms with van der Waals surface area (Å²) >= 11 is 6.46. The van der Waals surface area contributed by atoms with Crippen LogP contribution in [-0.2, 0) is 0 Å². The summed E-state index contributed by atoms with van der Waals surface area (Å²) in [6.45, 7) is 3.59. The Labute approximate surface area is 105 Å². The third-order valence-electron chi connectivity index (χ3n) is 3.83. The second-order valence-corrected chi connectivity index (χ2v) is 6.36. The lowest BCUT2D eigenvalue weighted by molar-refractivity contribution is 0.0849. The van der Waals surface area contributed by atoms with Gasteiger partial charge in [0, 0.05) is 12.6 Å². The molecule has 1 aliphatic rings. The van der Waals surface area contributed by atoms with E-state index in [4.69, 9.17) is 0 Å². The summed E-state index contributed by atoms with van der Waals surface area (Å²) in [6.07, 6.45) is 7.67. The van der Waals surface area contributed by atoms with E-state index in [0.29, 0.717) is 5.41 Å². The van der Waals surface area contributed by atoms with Gasteiger partial charge in [-0.25, -0.2) is 0 Å². The van der Waals surface area contributed by atoms with Crippen molar-refractivity contribution >= 4 is 24.4 Å². The summed E-state index contributed by atoms with van der Waals surface area (Å²) in [4.78, 5) is 2.53. The normalized spacial score (nSPS) is 21.4. The Hall–Kier alpha value is 0.660. The summed E-state index contributed by atoms with van der Waals surface area (Å²) in [7, 11) is 2.27. The van der Waals surface area contributed by atoms with E-state index in [0.717, 1.165) is 11.8 Å². The van der Waals surface area contributed by atoms with Crippen molar-refractivity contribution in [2.75, 3.05) is 31.4 Å². The minimum atomic E-state index is 0.547. The van der Waals surface area contributed by atoms with Crippen molar-refractivity contribution in [3.63, 3.8) is 0 Å². The fraction of sp³-hybridized carbons (Fsp3) is 1.00. The maximum absolute atomic E-state index is 4.52. The van der Waals surface area contributed by atoms with Crippen molar-refractivity contribution in [1.82, 2.24) is 4.90 Å². The Morgan fingerprint density at radius 1 is 1.47 bits per heavy atom. The summed E-state index contributed by atoms with van der Waals surface area (Å²) in [5.41, 5.74) is 0.547. The second-order valence-electron chi connectivity index (χ2n) is 5.06. The highest BCUT2D eigenvalue weighted by molar-refractivity contribution is 7.98. The fourth-order valence-electron chi connectivity index (χ4n) is 2.24. The molecule has 1 nitrogen and oxygen atoms in total. The lowest BCUT2D eigenvalue weighted by Crippen LogP contribution is -2.45. The number of nitrogens with zero attached hydrogens (tertiary/aromatic N) is 1. The molecule has 0 aromatic carbocycles. The van der Waals surface area contributed by atoms with Crippen molar-refractivity contribution in [2.45, 2.75) is 38.6 Å². The van der Waals surface area contributed by atoms with E-state index in [1.807, 2.05) is 11.8 Å². The molecule has 0 bridgehead atoms. The molecule has 1 atom stereocenters. The topological polar surface area (TPSA) is 3.24 Å². The highest BCUT2D eigenvalue weighted by Gasteiger charge is 2.36. The molecule has 0 N–H and O–H groups in total. The van der Waals surface area contributed by atoms with Crippen molar-refractivity contribution in [3.05, 3.63) is 0 Å². The molecule has 0 amide bonds. The van der Waals surface area contributed by atoms with Gasteiger partial charge in [-0.05, 0) is 56.4 Å². The molecule has 0 radical (unpaired) electrons. The number of hydrogen-bond donors (Lipinski definition) is 1. The Balaban J connectivity index is 2.30. The largest absolute Gasteiger partial charge is 0.303 e. The van der Waals surface area contributed by atoms with Crippen molar-refractivity contribution in [3.8, 4) is 0 Å². The van der Waals surface area contributed by atoms with Gasteiger partial charge in [-0.15, -0.1) is 0 Å². The number of thioether (sulfide) groups is 1. The predicted octanol–water partition coefficient (Wildman–Crippen LogP) is 3.16. The molecule has 1 rings (SSSR count). The molecule has 0 saturated heterocycles. The molecule has 0 aromatic rings. The van der Waals surface area contributed by atoms with Crippen molar-refractivity contribution < 1.29 is 0 Å². The van der Waals surface area contributed by atoms with Crippen LogP contribution in [0, 0.1) is 5.41 Å². The van der Waals surface area contributed by atoms with Gasteiger partial charge in [0.2, 0.25) is 0 Å². The number of thiol groups is 1. The quantitative estimate of drug-likeness (QED) is 0.689. The Morgan fingerprint density at radius 2 is 2.13 bits per heavy atom. The number of rotatable bonds is 7. The van der Waals surface area contributed by atoms with E-state index in [9.17, 15) is 0 Å². The molecule has 3 heteroatoms. The second kappa shape index (κ2) is 6.41. The van der Waals surface area contributed by atoms with Crippen molar-refractivity contribution in [1.29, 1.82) is 0 Å². The minimum absolute atomic E-state index is 0.547. The van der Waals surface area contributed by atoms with Gasteiger partial charge in [-0.1, -0.05) is 6.42 Å². The SMILES string of the molecule is CSCCC(C)N(C)CC1(CS)CCC1. The zero-order valence-electron chi connectivity index (χ0n) is 10.3. The van der Waals surface area contributed by atoms with Gasteiger partial charge < -0.3 is 4.90 Å². The summed E-state index contributed by atoms with van der Waals surface area (Å²) < 4.78 is 0. The first-order valence-corrected chi connectivity index (χ1v) is 7.96. The van der Waals surface area contributed by atoms with Gasteiger partial charge in [-0.2, -0.15) is 24.4 Å². The lowest BCUT2D eigenvalue weighted by Gasteiger charge is -2.44. The van der Waals surface area contributed by atoms with Gasteiger partial charge in [-0.3, -0.25) is 0 Å². The maximum atomic E-state index is 4.52. The summed E-state index contributed by atoms with van der Waals surface area (Å²) in [5.74, 6) is 2.34. The third kappa shape index (κ3) is 3.86. The van der Waals surface area contributed by atoms with Crippen LogP contribution in [0.25, 0.3) is 0 Å². The molecule has 1 saturated carbocycles. The zero-order chi connectivity index (χ0) is 11.3. The average Bonchev–Trinajstić information content (AvgIpc) is 2.19. The molecule has 1 aliphatic carbocycles. The van der Waals surface area contributed by atoms with Crippen LogP contribution in [0.15, 0.2) is 0 Å².